The molecule has 1 aromatic rings. The minimum atomic E-state index is 0.318. The van der Waals surface area contributed by atoms with Crippen LogP contribution in [0.1, 0.15) is 52.0 Å². The zero-order chi connectivity index (χ0) is 13.0. The van der Waals surface area contributed by atoms with Crippen LogP contribution in [0.25, 0.3) is 0 Å². The van der Waals surface area contributed by atoms with Crippen LogP contribution in [0.5, 0.6) is 0 Å². The Morgan fingerprint density at radius 2 is 1.72 bits per heavy atom. The molecule has 0 radical (unpaired) electrons. The van der Waals surface area contributed by atoms with Crippen molar-refractivity contribution in [3.63, 3.8) is 0 Å². The lowest BCUT2D eigenvalue weighted by atomic mass is 9.68. The third-order valence-corrected chi connectivity index (χ3v) is 4.72. The van der Waals surface area contributed by atoms with Gasteiger partial charge in [0.2, 0.25) is 0 Å². The van der Waals surface area contributed by atoms with Gasteiger partial charge in [-0.3, -0.25) is 0 Å². The Morgan fingerprint density at radius 1 is 1.11 bits per heavy atom. The summed E-state index contributed by atoms with van der Waals surface area (Å²) in [6.07, 6.45) is 5.27. The SMILES string of the molecule is CCNC(C1CC1)C(CC)(CC)c1ccccc1. The fourth-order valence-corrected chi connectivity index (χ4v) is 3.51. The highest BCUT2D eigenvalue weighted by molar-refractivity contribution is 5.29. The van der Waals surface area contributed by atoms with Crippen molar-refractivity contribution in [3.05, 3.63) is 35.9 Å². The second kappa shape index (κ2) is 5.88. The number of nitrogens with one attached hydrogen (secondary N) is 1. The van der Waals surface area contributed by atoms with Gasteiger partial charge >= 0.3 is 0 Å². The molecule has 0 amide bonds. The molecule has 0 heterocycles. The largest absolute Gasteiger partial charge is 0.313 e. The van der Waals surface area contributed by atoms with Crippen LogP contribution in [0.4, 0.5) is 0 Å². The van der Waals surface area contributed by atoms with Crippen LogP contribution >= 0.6 is 0 Å². The molecule has 1 nitrogen and oxygen atoms in total. The predicted molar refractivity (Wildman–Crippen MR) is 78.9 cm³/mol. The van der Waals surface area contributed by atoms with Crippen molar-refractivity contribution in [2.45, 2.75) is 57.9 Å². The molecule has 1 saturated carbocycles. The van der Waals surface area contributed by atoms with Crippen molar-refractivity contribution in [2.75, 3.05) is 6.54 Å². The summed E-state index contributed by atoms with van der Waals surface area (Å²) < 4.78 is 0. The summed E-state index contributed by atoms with van der Waals surface area (Å²) in [7, 11) is 0. The van der Waals surface area contributed by atoms with Crippen LogP contribution in [-0.2, 0) is 5.41 Å². The molecule has 1 fully saturated rings. The van der Waals surface area contributed by atoms with E-state index in [1.54, 1.807) is 0 Å². The van der Waals surface area contributed by atoms with Gasteiger partial charge < -0.3 is 5.32 Å². The van der Waals surface area contributed by atoms with Gasteiger partial charge in [-0.05, 0) is 43.7 Å². The summed E-state index contributed by atoms with van der Waals surface area (Å²) in [4.78, 5) is 0. The lowest BCUT2D eigenvalue weighted by Gasteiger charge is -2.41. The summed E-state index contributed by atoms with van der Waals surface area (Å²) in [6.45, 7) is 8.01. The number of rotatable bonds is 7. The minimum absolute atomic E-state index is 0.318. The minimum Gasteiger partial charge on any atom is -0.313 e. The molecule has 1 heteroatoms. The number of likely N-dealkylation sites (N-methyl/N-ethyl adjacent to an activating group) is 1. The fourth-order valence-electron chi connectivity index (χ4n) is 3.51. The lowest BCUT2D eigenvalue weighted by Crippen LogP contribution is -2.49. The van der Waals surface area contributed by atoms with E-state index in [-0.39, 0.29) is 0 Å². The first-order valence-electron chi connectivity index (χ1n) is 7.57. The lowest BCUT2D eigenvalue weighted by molar-refractivity contribution is 0.249. The second-order valence-corrected chi connectivity index (χ2v) is 5.60. The quantitative estimate of drug-likeness (QED) is 0.761. The smallest absolute Gasteiger partial charge is 0.0192 e. The van der Waals surface area contributed by atoms with Crippen molar-refractivity contribution >= 4 is 0 Å². The molecule has 100 valence electrons. The normalized spacial score (nSPS) is 17.7. The van der Waals surface area contributed by atoms with Crippen LogP contribution in [-0.4, -0.2) is 12.6 Å². The maximum absolute atomic E-state index is 3.79. The van der Waals surface area contributed by atoms with Gasteiger partial charge in [0.15, 0.2) is 0 Å². The maximum atomic E-state index is 3.79. The average molecular weight is 245 g/mol. The number of hydrogen-bond donors (Lipinski definition) is 1. The standard InChI is InChI=1S/C17H27N/c1-4-17(5-2,15-10-8-7-9-11-15)16(18-6-3)14-12-13-14/h7-11,14,16,18H,4-6,12-13H2,1-3H3. The van der Waals surface area contributed by atoms with Gasteiger partial charge in [0.05, 0.1) is 0 Å². The molecule has 0 bridgehead atoms. The average Bonchev–Trinajstić information content (AvgIpc) is 3.25. The Hall–Kier alpha value is -0.820. The molecule has 0 aliphatic heterocycles. The molecular formula is C17H27N. The van der Waals surface area contributed by atoms with Crippen molar-refractivity contribution in [1.29, 1.82) is 0 Å². The van der Waals surface area contributed by atoms with Gasteiger partial charge in [-0.15, -0.1) is 0 Å². The Morgan fingerprint density at radius 3 is 2.17 bits per heavy atom. The third-order valence-electron chi connectivity index (χ3n) is 4.72. The molecule has 1 aliphatic rings. The van der Waals surface area contributed by atoms with Crippen LogP contribution in [0.2, 0.25) is 0 Å². The Labute approximate surface area is 112 Å². The molecule has 1 atom stereocenters. The first-order valence-corrected chi connectivity index (χ1v) is 7.57. The monoisotopic (exact) mass is 245 g/mol. The molecule has 1 aliphatic carbocycles. The summed E-state index contributed by atoms with van der Waals surface area (Å²) in [5.74, 6) is 0.894. The van der Waals surface area contributed by atoms with E-state index in [9.17, 15) is 0 Å². The van der Waals surface area contributed by atoms with E-state index in [1.807, 2.05) is 0 Å². The first kappa shape index (κ1) is 13.6. The highest BCUT2D eigenvalue weighted by Gasteiger charge is 2.44. The molecule has 18 heavy (non-hydrogen) atoms. The van der Waals surface area contributed by atoms with E-state index in [0.717, 1.165) is 12.5 Å². The van der Waals surface area contributed by atoms with Crippen molar-refractivity contribution < 1.29 is 0 Å². The van der Waals surface area contributed by atoms with E-state index in [4.69, 9.17) is 0 Å². The van der Waals surface area contributed by atoms with E-state index in [0.29, 0.717) is 11.5 Å². The van der Waals surface area contributed by atoms with Crippen molar-refractivity contribution in [1.82, 2.24) is 5.32 Å². The van der Waals surface area contributed by atoms with Crippen molar-refractivity contribution in [2.24, 2.45) is 5.92 Å². The van der Waals surface area contributed by atoms with E-state index in [2.05, 4.69) is 56.4 Å². The van der Waals surface area contributed by atoms with Crippen LogP contribution in [0.3, 0.4) is 0 Å². The van der Waals surface area contributed by atoms with Crippen LogP contribution in [0.15, 0.2) is 30.3 Å². The van der Waals surface area contributed by atoms with Gasteiger partial charge in [-0.25, -0.2) is 0 Å². The van der Waals surface area contributed by atoms with Gasteiger partial charge in [0, 0.05) is 11.5 Å². The van der Waals surface area contributed by atoms with Gasteiger partial charge in [-0.2, -0.15) is 0 Å². The molecule has 2 rings (SSSR count). The Bertz CT molecular complexity index is 349. The first-order chi connectivity index (χ1) is 8.78. The Balaban J connectivity index is 2.35. The van der Waals surface area contributed by atoms with E-state index in [1.165, 1.54) is 31.2 Å². The summed E-state index contributed by atoms with van der Waals surface area (Å²) in [6, 6.07) is 11.8. The van der Waals surface area contributed by atoms with Gasteiger partial charge in [0.25, 0.3) is 0 Å². The van der Waals surface area contributed by atoms with Gasteiger partial charge in [0.1, 0.15) is 0 Å². The molecule has 0 saturated heterocycles. The topological polar surface area (TPSA) is 12.0 Å². The van der Waals surface area contributed by atoms with Crippen LogP contribution in [0, 0.1) is 5.92 Å². The molecule has 1 N–H and O–H groups in total. The zero-order valence-electron chi connectivity index (χ0n) is 12.1. The summed E-state index contributed by atoms with van der Waals surface area (Å²) in [5.41, 5.74) is 1.84. The summed E-state index contributed by atoms with van der Waals surface area (Å²) in [5, 5.41) is 3.79. The van der Waals surface area contributed by atoms with E-state index < -0.39 is 0 Å². The predicted octanol–water partition coefficient (Wildman–Crippen LogP) is 4.13. The van der Waals surface area contributed by atoms with Crippen molar-refractivity contribution in [3.8, 4) is 0 Å². The Kier molecular flexibility index (Phi) is 4.45. The maximum Gasteiger partial charge on any atom is 0.0192 e. The fraction of sp³-hybridized carbons (Fsp3) is 0.647. The molecule has 1 aromatic carbocycles. The highest BCUT2D eigenvalue weighted by Crippen LogP contribution is 2.45. The third kappa shape index (κ3) is 2.47. The molecule has 0 aromatic heterocycles. The number of benzene rings is 1. The van der Waals surface area contributed by atoms with E-state index >= 15 is 0 Å². The number of hydrogen-bond acceptors (Lipinski definition) is 1. The zero-order valence-corrected chi connectivity index (χ0v) is 12.1. The summed E-state index contributed by atoms with van der Waals surface area (Å²) >= 11 is 0. The second-order valence-electron chi connectivity index (χ2n) is 5.60. The highest BCUT2D eigenvalue weighted by atomic mass is 14.9. The van der Waals surface area contributed by atoms with Gasteiger partial charge in [-0.1, -0.05) is 51.1 Å². The van der Waals surface area contributed by atoms with Crippen LogP contribution < -0.4 is 5.32 Å². The molecule has 1 unspecified atom stereocenters. The molecular weight excluding hydrogens is 218 g/mol. The molecule has 0 spiro atoms.